The van der Waals surface area contributed by atoms with Crippen LogP contribution in [-0.2, 0) is 16.0 Å². The number of rotatable bonds is 11. The number of aliphatic hydroxyl groups excluding tert-OH is 1. The van der Waals surface area contributed by atoms with Gasteiger partial charge in [0, 0.05) is 40.5 Å². The van der Waals surface area contributed by atoms with Crippen LogP contribution in [0.15, 0.2) is 86.7 Å². The summed E-state index contributed by atoms with van der Waals surface area (Å²) >= 11 is 7.02. The van der Waals surface area contributed by atoms with E-state index >= 15 is 0 Å². The van der Waals surface area contributed by atoms with Gasteiger partial charge in [-0.1, -0.05) is 70.0 Å². The lowest BCUT2D eigenvalue weighted by atomic mass is 9.82. The molecule has 0 unspecified atom stereocenters. The molecule has 0 aliphatic carbocycles. The Labute approximate surface area is 240 Å². The Bertz CT molecular complexity index is 1240. The van der Waals surface area contributed by atoms with Crippen molar-refractivity contribution in [2.24, 2.45) is 10.9 Å². The first-order chi connectivity index (χ1) is 18.3. The number of benzene rings is 3. The lowest BCUT2D eigenvalue weighted by molar-refractivity contribution is -0.129. The number of nitrogens with zero attached hydrogens (tertiary/aromatic N) is 1. The number of hydrogen-bond donors (Lipinski definition) is 2. The third kappa shape index (κ3) is 6.84. The lowest BCUT2D eigenvalue weighted by Crippen LogP contribution is -2.50. The zero-order valence-corrected chi connectivity index (χ0v) is 24.7. The summed E-state index contributed by atoms with van der Waals surface area (Å²) in [5.41, 5.74) is 1.40. The predicted molar refractivity (Wildman–Crippen MR) is 157 cm³/mol. The van der Waals surface area contributed by atoms with Crippen LogP contribution < -0.4 is 10.1 Å². The molecule has 1 amide bonds. The van der Waals surface area contributed by atoms with Gasteiger partial charge in [0.25, 0.3) is 5.91 Å². The van der Waals surface area contributed by atoms with Crippen LogP contribution in [0.5, 0.6) is 5.75 Å². The third-order valence-electron chi connectivity index (χ3n) is 6.26. The molecule has 2 atom stereocenters. The van der Waals surface area contributed by atoms with Crippen LogP contribution in [0.25, 0.3) is 0 Å². The number of aliphatic imine (C=N–C) groups is 1. The molecule has 200 valence electrons. The summed E-state index contributed by atoms with van der Waals surface area (Å²) in [6.07, 6.45) is 0.315. The average molecular weight is 644 g/mol. The van der Waals surface area contributed by atoms with Crippen molar-refractivity contribution in [3.8, 4) is 5.75 Å². The van der Waals surface area contributed by atoms with Gasteiger partial charge in [0.2, 0.25) is 5.90 Å². The van der Waals surface area contributed by atoms with Gasteiger partial charge >= 0.3 is 0 Å². The Hall–Kier alpha value is -2.68. The van der Waals surface area contributed by atoms with Crippen LogP contribution in [-0.4, -0.2) is 42.2 Å². The van der Waals surface area contributed by atoms with Crippen LogP contribution in [0.3, 0.4) is 0 Å². The number of amides is 1. The smallest absolute Gasteiger partial charge is 0.252 e. The highest BCUT2D eigenvalue weighted by atomic mass is 79.9. The van der Waals surface area contributed by atoms with Crippen molar-refractivity contribution in [2.75, 3.05) is 19.8 Å². The predicted octanol–water partition coefficient (Wildman–Crippen LogP) is 6.24. The fourth-order valence-electron chi connectivity index (χ4n) is 4.28. The van der Waals surface area contributed by atoms with E-state index in [2.05, 4.69) is 51.0 Å². The van der Waals surface area contributed by atoms with Crippen molar-refractivity contribution in [1.82, 2.24) is 5.32 Å². The molecule has 0 fully saturated rings. The van der Waals surface area contributed by atoms with Crippen LogP contribution in [0.1, 0.15) is 43.1 Å². The standard InChI is InChI=1S/C30H32Br2N2O4/c1-20(2)19-33-29(36)30(18-21-4-10-24(31)11-5-21)27(22-6-12-25(32)13-7-22)38-28(34-30)23-8-14-26(15-9-23)37-17-3-16-35/h4-15,20,27,35H,3,16-19H2,1-2H3,(H,33,36)/t27-,30-/m1/s1. The number of carbonyl (C=O) groups excluding carboxylic acids is 1. The maximum atomic E-state index is 14.0. The van der Waals surface area contributed by atoms with E-state index in [0.717, 1.165) is 25.6 Å². The molecule has 38 heavy (non-hydrogen) atoms. The highest BCUT2D eigenvalue weighted by molar-refractivity contribution is 9.10. The SMILES string of the molecule is CC(C)CNC(=O)[C@]1(Cc2ccc(Br)cc2)N=C(c2ccc(OCCCO)cc2)O[C@@H]1c1ccc(Br)cc1. The van der Waals surface area contributed by atoms with Crippen molar-refractivity contribution < 1.29 is 19.4 Å². The Morgan fingerprint density at radius 3 is 2.26 bits per heavy atom. The minimum absolute atomic E-state index is 0.0828. The second-order valence-corrected chi connectivity index (χ2v) is 11.6. The first-order valence-corrected chi connectivity index (χ1v) is 14.3. The van der Waals surface area contributed by atoms with Crippen LogP contribution in [0.4, 0.5) is 0 Å². The quantitative estimate of drug-likeness (QED) is 0.242. The number of aliphatic hydroxyl groups is 1. The molecule has 0 bridgehead atoms. The highest BCUT2D eigenvalue weighted by Gasteiger charge is 2.53. The van der Waals surface area contributed by atoms with Gasteiger partial charge in [-0.05, 0) is 65.6 Å². The van der Waals surface area contributed by atoms with E-state index in [1.165, 1.54) is 0 Å². The average Bonchev–Trinajstić information content (AvgIpc) is 3.30. The molecule has 0 saturated heterocycles. The Kier molecular flexibility index (Phi) is 9.63. The Balaban J connectivity index is 1.76. The second kappa shape index (κ2) is 12.9. The maximum Gasteiger partial charge on any atom is 0.252 e. The van der Waals surface area contributed by atoms with E-state index in [9.17, 15) is 4.79 Å². The van der Waals surface area contributed by atoms with Crippen molar-refractivity contribution in [1.29, 1.82) is 0 Å². The van der Waals surface area contributed by atoms with E-state index in [1.807, 2.05) is 72.8 Å². The van der Waals surface area contributed by atoms with E-state index < -0.39 is 11.6 Å². The number of carbonyl (C=O) groups is 1. The minimum atomic E-state index is -1.21. The van der Waals surface area contributed by atoms with Crippen LogP contribution >= 0.6 is 31.9 Å². The highest BCUT2D eigenvalue weighted by Crippen LogP contribution is 2.43. The van der Waals surface area contributed by atoms with Gasteiger partial charge in [-0.25, -0.2) is 4.99 Å². The number of hydrogen-bond acceptors (Lipinski definition) is 5. The van der Waals surface area contributed by atoms with Crippen molar-refractivity contribution in [3.63, 3.8) is 0 Å². The zero-order chi connectivity index (χ0) is 27.1. The summed E-state index contributed by atoms with van der Waals surface area (Å²) < 4.78 is 14.1. The van der Waals surface area contributed by atoms with Gasteiger partial charge in [-0.15, -0.1) is 0 Å². The molecule has 6 nitrogen and oxygen atoms in total. The summed E-state index contributed by atoms with van der Waals surface area (Å²) in [6.45, 7) is 5.19. The van der Waals surface area contributed by atoms with Gasteiger partial charge in [0.05, 0.1) is 6.61 Å². The molecular formula is C30H32Br2N2O4. The fourth-order valence-corrected chi connectivity index (χ4v) is 4.81. The van der Waals surface area contributed by atoms with E-state index in [4.69, 9.17) is 19.6 Å². The lowest BCUT2D eigenvalue weighted by Gasteiger charge is -2.31. The van der Waals surface area contributed by atoms with Crippen LogP contribution in [0, 0.1) is 5.92 Å². The molecule has 1 heterocycles. The summed E-state index contributed by atoms with van der Waals surface area (Å²) in [5.74, 6) is 1.23. The summed E-state index contributed by atoms with van der Waals surface area (Å²) in [6, 6.07) is 23.3. The molecule has 1 aliphatic rings. The van der Waals surface area contributed by atoms with E-state index in [0.29, 0.717) is 43.6 Å². The number of halogens is 2. The Morgan fingerprint density at radius 2 is 1.66 bits per heavy atom. The molecule has 2 N–H and O–H groups in total. The monoisotopic (exact) mass is 642 g/mol. The summed E-state index contributed by atoms with van der Waals surface area (Å²) in [5, 5.41) is 12.1. The summed E-state index contributed by atoms with van der Waals surface area (Å²) in [4.78, 5) is 19.1. The second-order valence-electron chi connectivity index (χ2n) is 9.75. The molecule has 1 aliphatic heterocycles. The number of nitrogens with one attached hydrogen (secondary N) is 1. The van der Waals surface area contributed by atoms with Gasteiger partial charge in [0.15, 0.2) is 11.6 Å². The molecule has 0 aromatic heterocycles. The zero-order valence-electron chi connectivity index (χ0n) is 21.5. The number of ether oxygens (including phenoxy) is 2. The van der Waals surface area contributed by atoms with Gasteiger partial charge in [-0.2, -0.15) is 0 Å². The normalized spacial score (nSPS) is 18.7. The van der Waals surface area contributed by atoms with E-state index in [1.54, 1.807) is 0 Å². The van der Waals surface area contributed by atoms with E-state index in [-0.39, 0.29) is 12.5 Å². The largest absolute Gasteiger partial charge is 0.494 e. The van der Waals surface area contributed by atoms with Gasteiger partial charge in [0.1, 0.15) is 5.75 Å². The molecule has 8 heteroatoms. The molecule has 0 saturated carbocycles. The van der Waals surface area contributed by atoms with Crippen LogP contribution in [0.2, 0.25) is 0 Å². The van der Waals surface area contributed by atoms with Gasteiger partial charge in [-0.3, -0.25) is 4.79 Å². The maximum absolute atomic E-state index is 14.0. The minimum Gasteiger partial charge on any atom is -0.494 e. The van der Waals surface area contributed by atoms with Gasteiger partial charge < -0.3 is 19.9 Å². The fraction of sp³-hybridized carbons (Fsp3) is 0.333. The van der Waals surface area contributed by atoms with Crippen molar-refractivity contribution in [2.45, 2.75) is 38.3 Å². The molecule has 0 radical (unpaired) electrons. The van der Waals surface area contributed by atoms with Crippen molar-refractivity contribution in [3.05, 3.63) is 98.4 Å². The molecule has 3 aromatic carbocycles. The third-order valence-corrected chi connectivity index (χ3v) is 7.32. The molecule has 3 aromatic rings. The molecule has 0 spiro atoms. The summed E-state index contributed by atoms with van der Waals surface area (Å²) in [7, 11) is 0. The molecular weight excluding hydrogens is 612 g/mol. The topological polar surface area (TPSA) is 80.2 Å². The first kappa shape index (κ1) is 28.3. The van der Waals surface area contributed by atoms with Crippen molar-refractivity contribution >= 4 is 43.7 Å². The molecule has 4 rings (SSSR count). The first-order valence-electron chi connectivity index (χ1n) is 12.7. The Morgan fingerprint density at radius 1 is 1.03 bits per heavy atom.